The Hall–Kier alpha value is -2.55. The number of aryl methyl sites for hydroxylation is 1. The molecule has 0 radical (unpaired) electrons. The van der Waals surface area contributed by atoms with Crippen LogP contribution < -0.4 is 10.6 Å². The van der Waals surface area contributed by atoms with Crippen molar-refractivity contribution >= 4 is 46.7 Å². The van der Waals surface area contributed by atoms with Crippen LogP contribution in [0.25, 0.3) is 10.9 Å². The Labute approximate surface area is 206 Å². The summed E-state index contributed by atoms with van der Waals surface area (Å²) in [4.78, 5) is 21.6. The molecule has 0 unspecified atom stereocenters. The Morgan fingerprint density at radius 2 is 1.97 bits per heavy atom. The molecule has 3 N–H and O–H groups in total. The number of rotatable bonds is 7. The number of nitrogens with one attached hydrogen (secondary N) is 3. The first-order chi connectivity index (χ1) is 15.1. The van der Waals surface area contributed by atoms with Crippen molar-refractivity contribution in [3.05, 3.63) is 70.9 Å². The van der Waals surface area contributed by atoms with E-state index in [9.17, 15) is 4.79 Å². The van der Waals surface area contributed by atoms with Gasteiger partial charge in [-0.15, -0.1) is 24.0 Å². The number of aromatic amines is 1. The van der Waals surface area contributed by atoms with Crippen molar-refractivity contribution in [3.8, 4) is 0 Å². The molecule has 4 rings (SSSR count). The molecule has 6 nitrogen and oxygen atoms in total. The minimum atomic E-state index is 0. The molecule has 0 atom stereocenters. The number of H-pyrrole nitrogens is 1. The highest BCUT2D eigenvalue weighted by Crippen LogP contribution is 2.21. The fraction of sp³-hybridized carbons (Fsp3) is 0.360. The lowest BCUT2D eigenvalue weighted by molar-refractivity contribution is -0.128. The number of likely N-dealkylation sites (tertiary alicyclic amines) is 1. The molecular formula is C25H32IN5O. The largest absolute Gasteiger partial charge is 0.361 e. The second-order valence-electron chi connectivity index (χ2n) is 8.15. The Morgan fingerprint density at radius 3 is 2.75 bits per heavy atom. The van der Waals surface area contributed by atoms with Crippen LogP contribution in [0.2, 0.25) is 0 Å². The van der Waals surface area contributed by atoms with Crippen molar-refractivity contribution in [2.75, 3.05) is 20.1 Å². The van der Waals surface area contributed by atoms with Gasteiger partial charge in [0.2, 0.25) is 5.91 Å². The summed E-state index contributed by atoms with van der Waals surface area (Å²) in [6, 6.07) is 14.8. The predicted molar refractivity (Wildman–Crippen MR) is 141 cm³/mol. The Bertz CT molecular complexity index is 1090. The average Bonchev–Trinajstić information content (AvgIpc) is 3.38. The van der Waals surface area contributed by atoms with Crippen molar-refractivity contribution in [3.63, 3.8) is 0 Å². The molecule has 0 spiro atoms. The molecule has 32 heavy (non-hydrogen) atoms. The topological polar surface area (TPSA) is 72.5 Å². The lowest BCUT2D eigenvalue weighted by Crippen LogP contribution is -2.37. The summed E-state index contributed by atoms with van der Waals surface area (Å²) in [5, 5.41) is 8.09. The van der Waals surface area contributed by atoms with Gasteiger partial charge in [0.05, 0.1) is 0 Å². The minimum Gasteiger partial charge on any atom is -0.361 e. The van der Waals surface area contributed by atoms with Crippen LogP contribution in [0, 0.1) is 6.92 Å². The van der Waals surface area contributed by atoms with E-state index >= 15 is 0 Å². The van der Waals surface area contributed by atoms with Crippen molar-refractivity contribution in [2.45, 2.75) is 39.3 Å². The third kappa shape index (κ3) is 5.82. The number of carbonyl (C=O) groups excluding carboxylic acids is 1. The summed E-state index contributed by atoms with van der Waals surface area (Å²) < 4.78 is 0. The first-order valence-corrected chi connectivity index (χ1v) is 11.0. The van der Waals surface area contributed by atoms with Crippen molar-refractivity contribution in [1.29, 1.82) is 0 Å². The number of guanidine groups is 1. The lowest BCUT2D eigenvalue weighted by Gasteiger charge is -2.16. The summed E-state index contributed by atoms with van der Waals surface area (Å²) in [6.45, 7) is 5.19. The number of amides is 1. The zero-order chi connectivity index (χ0) is 21.6. The molecule has 1 aliphatic rings. The fourth-order valence-electron chi connectivity index (χ4n) is 4.22. The summed E-state index contributed by atoms with van der Waals surface area (Å²) in [5.74, 6) is 1.05. The third-order valence-corrected chi connectivity index (χ3v) is 5.92. The number of aromatic nitrogens is 1. The second kappa shape index (κ2) is 11.4. The zero-order valence-electron chi connectivity index (χ0n) is 18.8. The Kier molecular flexibility index (Phi) is 8.55. The summed E-state index contributed by atoms with van der Waals surface area (Å²) in [6.07, 6.45) is 4.68. The maximum absolute atomic E-state index is 11.9. The predicted octanol–water partition coefficient (Wildman–Crippen LogP) is 4.12. The third-order valence-electron chi connectivity index (χ3n) is 5.92. The van der Waals surface area contributed by atoms with Gasteiger partial charge in [-0.1, -0.05) is 42.5 Å². The van der Waals surface area contributed by atoms with Gasteiger partial charge in [-0.2, -0.15) is 0 Å². The number of hydrogen-bond donors (Lipinski definition) is 3. The summed E-state index contributed by atoms with van der Waals surface area (Å²) in [5.41, 5.74) is 6.15. The molecule has 170 valence electrons. The molecule has 7 heteroatoms. The number of hydrogen-bond acceptors (Lipinski definition) is 2. The van der Waals surface area contributed by atoms with Gasteiger partial charge in [-0.3, -0.25) is 9.79 Å². The Balaban J connectivity index is 0.00000289. The quantitative estimate of drug-likeness (QED) is 0.238. The van der Waals surface area contributed by atoms with E-state index in [0.29, 0.717) is 19.5 Å². The molecule has 1 fully saturated rings. The normalized spacial score (nSPS) is 14.0. The number of halogens is 1. The molecule has 0 saturated carbocycles. The van der Waals surface area contributed by atoms with Gasteiger partial charge in [0, 0.05) is 56.7 Å². The maximum atomic E-state index is 11.9. The van der Waals surface area contributed by atoms with Crippen LogP contribution >= 0.6 is 24.0 Å². The van der Waals surface area contributed by atoms with Crippen LogP contribution in [-0.2, 0) is 24.3 Å². The number of aliphatic imine (C=N–C) groups is 1. The molecular weight excluding hydrogens is 513 g/mol. The highest BCUT2D eigenvalue weighted by Gasteiger charge is 2.19. The van der Waals surface area contributed by atoms with E-state index in [2.05, 4.69) is 76.2 Å². The second-order valence-corrected chi connectivity index (χ2v) is 8.15. The van der Waals surface area contributed by atoms with Crippen molar-refractivity contribution < 1.29 is 4.79 Å². The number of fused-ring (bicyclic) bond motifs is 1. The van der Waals surface area contributed by atoms with E-state index in [4.69, 9.17) is 0 Å². The molecule has 2 aromatic carbocycles. The van der Waals surface area contributed by atoms with E-state index in [0.717, 1.165) is 31.9 Å². The molecule has 1 aromatic heterocycles. The fourth-order valence-corrected chi connectivity index (χ4v) is 4.22. The smallest absolute Gasteiger partial charge is 0.222 e. The van der Waals surface area contributed by atoms with Crippen LogP contribution in [0.5, 0.6) is 0 Å². The van der Waals surface area contributed by atoms with Crippen molar-refractivity contribution in [2.24, 2.45) is 4.99 Å². The SMILES string of the molecule is CN=C(NCCc1c[nH]c2c(C)cccc12)NCc1cccc(CN2CCCC2=O)c1.I. The number of carbonyl (C=O) groups is 1. The number of benzene rings is 2. The van der Waals surface area contributed by atoms with Gasteiger partial charge < -0.3 is 20.5 Å². The lowest BCUT2D eigenvalue weighted by atomic mass is 10.1. The monoisotopic (exact) mass is 545 g/mol. The molecule has 0 aliphatic carbocycles. The van der Waals surface area contributed by atoms with E-state index < -0.39 is 0 Å². The summed E-state index contributed by atoms with van der Waals surface area (Å²) in [7, 11) is 1.79. The van der Waals surface area contributed by atoms with E-state index in [1.165, 1.54) is 33.2 Å². The van der Waals surface area contributed by atoms with Crippen LogP contribution in [0.15, 0.2) is 53.7 Å². The van der Waals surface area contributed by atoms with Crippen LogP contribution in [0.1, 0.15) is 35.1 Å². The number of nitrogens with zero attached hydrogens (tertiary/aromatic N) is 2. The van der Waals surface area contributed by atoms with Gasteiger partial charge in [-0.05, 0) is 42.0 Å². The zero-order valence-corrected chi connectivity index (χ0v) is 21.1. The van der Waals surface area contributed by atoms with Gasteiger partial charge in [-0.25, -0.2) is 0 Å². The van der Waals surface area contributed by atoms with Crippen LogP contribution in [0.3, 0.4) is 0 Å². The molecule has 2 heterocycles. The van der Waals surface area contributed by atoms with Gasteiger partial charge in [0.1, 0.15) is 0 Å². The van der Waals surface area contributed by atoms with E-state index in [-0.39, 0.29) is 29.9 Å². The minimum absolute atomic E-state index is 0. The Morgan fingerprint density at radius 1 is 1.16 bits per heavy atom. The summed E-state index contributed by atoms with van der Waals surface area (Å²) >= 11 is 0. The molecule has 3 aromatic rings. The van der Waals surface area contributed by atoms with E-state index in [1.54, 1.807) is 7.05 Å². The highest BCUT2D eigenvalue weighted by molar-refractivity contribution is 14.0. The van der Waals surface area contributed by atoms with Crippen molar-refractivity contribution in [1.82, 2.24) is 20.5 Å². The molecule has 1 saturated heterocycles. The molecule has 1 amide bonds. The van der Waals surface area contributed by atoms with Gasteiger partial charge >= 0.3 is 0 Å². The van der Waals surface area contributed by atoms with Crippen LogP contribution in [0.4, 0.5) is 0 Å². The standard InChI is InChI=1S/C25H31N5O.HI/c1-18-6-3-9-22-21(16-28-24(18)22)11-12-27-25(26-2)29-15-19-7-4-8-20(14-19)17-30-13-5-10-23(30)31;/h3-4,6-9,14,16,28H,5,10-13,15,17H2,1-2H3,(H2,26,27,29);1H. The van der Waals surface area contributed by atoms with E-state index in [1.807, 2.05) is 4.90 Å². The highest BCUT2D eigenvalue weighted by atomic mass is 127. The van der Waals surface area contributed by atoms with Gasteiger partial charge in [0.25, 0.3) is 0 Å². The average molecular weight is 545 g/mol. The maximum Gasteiger partial charge on any atom is 0.222 e. The van der Waals surface area contributed by atoms with Crippen LogP contribution in [-0.4, -0.2) is 41.9 Å². The first kappa shape index (κ1) is 24.1. The molecule has 1 aliphatic heterocycles. The molecule has 0 bridgehead atoms. The number of para-hydroxylation sites is 1. The van der Waals surface area contributed by atoms with Gasteiger partial charge in [0.15, 0.2) is 5.96 Å². The first-order valence-electron chi connectivity index (χ1n) is 11.0.